The van der Waals surface area contributed by atoms with Crippen LogP contribution in [0.1, 0.15) is 51.0 Å². The Morgan fingerprint density at radius 2 is 2.03 bits per heavy atom. The highest BCUT2D eigenvalue weighted by atomic mass is 16.2. The van der Waals surface area contributed by atoms with Crippen LogP contribution >= 0.6 is 0 Å². The van der Waals surface area contributed by atoms with Crippen molar-refractivity contribution in [1.29, 1.82) is 0 Å². The summed E-state index contributed by atoms with van der Waals surface area (Å²) in [5.74, 6) is 6.76. The fraction of sp³-hybridized carbons (Fsp3) is 0.400. The zero-order valence-electron chi connectivity index (χ0n) is 19.2. The van der Waals surface area contributed by atoms with E-state index in [1.165, 1.54) is 19.3 Å². The smallest absolute Gasteiger partial charge is 0.317 e. The molecule has 1 aliphatic carbocycles. The molecule has 8 heteroatoms. The Bertz CT molecular complexity index is 1030. The third kappa shape index (κ3) is 6.88. The number of aromatic nitrogens is 1. The summed E-state index contributed by atoms with van der Waals surface area (Å²) in [4.78, 5) is 23.0. The number of amides is 2. The van der Waals surface area contributed by atoms with Crippen molar-refractivity contribution in [2.24, 2.45) is 16.5 Å². The maximum atomic E-state index is 12.7. The van der Waals surface area contributed by atoms with Crippen LogP contribution in [0.3, 0.4) is 0 Å². The summed E-state index contributed by atoms with van der Waals surface area (Å²) in [5, 5.41) is 3.18. The van der Waals surface area contributed by atoms with E-state index in [9.17, 15) is 4.79 Å². The molecule has 0 aromatic carbocycles. The van der Waals surface area contributed by atoms with Gasteiger partial charge in [0.2, 0.25) is 0 Å². The van der Waals surface area contributed by atoms with E-state index in [0.717, 1.165) is 18.4 Å². The number of nitrogens with one attached hydrogen (secondary N) is 1. The first-order chi connectivity index (χ1) is 15.8. The van der Waals surface area contributed by atoms with E-state index in [-0.39, 0.29) is 17.9 Å². The van der Waals surface area contributed by atoms with Gasteiger partial charge in [0.15, 0.2) is 0 Å². The number of urea groups is 1. The molecule has 1 aliphatic heterocycles. The Morgan fingerprint density at radius 3 is 2.61 bits per heavy atom. The SMILES string of the molecule is C=C(N)/N=C(C1=CCN(C(=O)NC2CCCCC2)CC1)\C(C#Cc1ccc(N)nc1)=C(\C)N. The first kappa shape index (κ1) is 23.9. The number of allylic oxidation sites excluding steroid dienone is 2. The van der Waals surface area contributed by atoms with Crippen molar-refractivity contribution >= 4 is 17.6 Å². The van der Waals surface area contributed by atoms with Crippen LogP contribution in [-0.4, -0.2) is 40.8 Å². The van der Waals surface area contributed by atoms with Crippen LogP contribution in [0.2, 0.25) is 0 Å². The fourth-order valence-electron chi connectivity index (χ4n) is 3.97. The van der Waals surface area contributed by atoms with E-state index in [1.807, 2.05) is 11.0 Å². The molecule has 0 bridgehead atoms. The minimum absolute atomic E-state index is 0.0136. The molecule has 2 amide bonds. The van der Waals surface area contributed by atoms with Crippen LogP contribution < -0.4 is 22.5 Å². The van der Waals surface area contributed by atoms with Gasteiger partial charge in [0.25, 0.3) is 0 Å². The number of aliphatic imine (C=N–C) groups is 1. The van der Waals surface area contributed by atoms with Gasteiger partial charge in [-0.15, -0.1) is 0 Å². The average Bonchev–Trinajstić information content (AvgIpc) is 2.80. The number of hydrogen-bond donors (Lipinski definition) is 4. The third-order valence-electron chi connectivity index (χ3n) is 5.74. The number of rotatable bonds is 4. The van der Waals surface area contributed by atoms with Gasteiger partial charge in [-0.05, 0) is 43.9 Å². The standard InChI is InChI=1S/C25H33N7O/c1-17(26)22(10-8-19-9-11-23(28)29-16-19)24(30-18(2)27)20-12-14-32(15-13-20)25(33)31-21-6-4-3-5-7-21/h9,11-12,16,21H,2-7,13-15,26-27H2,1H3,(H2,28,29)(H,31,33)/b22-17-,30-24-. The minimum atomic E-state index is -0.0136. The van der Waals surface area contributed by atoms with Crippen molar-refractivity contribution < 1.29 is 4.79 Å². The lowest BCUT2D eigenvalue weighted by molar-refractivity contribution is 0.194. The molecule has 7 N–H and O–H groups in total. The number of anilines is 1. The summed E-state index contributed by atoms with van der Waals surface area (Å²) in [7, 11) is 0. The van der Waals surface area contributed by atoms with E-state index >= 15 is 0 Å². The highest BCUT2D eigenvalue weighted by Gasteiger charge is 2.24. The Hall–Kier alpha value is -3.73. The molecular formula is C25H33N7O. The number of hydrogen-bond acceptors (Lipinski definition) is 6. The third-order valence-corrected chi connectivity index (χ3v) is 5.74. The fourth-order valence-corrected chi connectivity index (χ4v) is 3.97. The van der Waals surface area contributed by atoms with Gasteiger partial charge in [-0.1, -0.05) is 43.8 Å². The summed E-state index contributed by atoms with van der Waals surface area (Å²) in [6, 6.07) is 3.75. The number of pyridine rings is 1. The van der Waals surface area contributed by atoms with E-state index in [1.54, 1.807) is 25.3 Å². The number of carbonyl (C=O) groups excluding carboxylic acids is 1. The molecule has 0 atom stereocenters. The Labute approximate surface area is 195 Å². The molecule has 0 saturated heterocycles. The molecule has 3 rings (SSSR count). The molecule has 0 spiro atoms. The van der Waals surface area contributed by atoms with Gasteiger partial charge in [0, 0.05) is 36.6 Å². The normalized spacial score (nSPS) is 17.9. The molecule has 8 nitrogen and oxygen atoms in total. The maximum absolute atomic E-state index is 12.7. The molecule has 0 radical (unpaired) electrons. The van der Waals surface area contributed by atoms with Crippen LogP contribution in [0.5, 0.6) is 0 Å². The molecular weight excluding hydrogens is 414 g/mol. The largest absolute Gasteiger partial charge is 0.401 e. The highest BCUT2D eigenvalue weighted by Crippen LogP contribution is 2.21. The monoisotopic (exact) mass is 447 g/mol. The van der Waals surface area contributed by atoms with Gasteiger partial charge in [0.1, 0.15) is 11.6 Å². The minimum Gasteiger partial charge on any atom is -0.401 e. The van der Waals surface area contributed by atoms with Crippen molar-refractivity contribution in [2.75, 3.05) is 18.8 Å². The molecule has 2 aliphatic rings. The van der Waals surface area contributed by atoms with Gasteiger partial charge in [-0.25, -0.2) is 14.8 Å². The lowest BCUT2D eigenvalue weighted by atomic mass is 9.95. The molecule has 33 heavy (non-hydrogen) atoms. The van der Waals surface area contributed by atoms with Gasteiger partial charge in [-0.3, -0.25) is 0 Å². The molecule has 0 unspecified atom stereocenters. The van der Waals surface area contributed by atoms with E-state index in [2.05, 4.69) is 33.7 Å². The first-order valence-electron chi connectivity index (χ1n) is 11.3. The van der Waals surface area contributed by atoms with Crippen molar-refractivity contribution in [3.05, 3.63) is 59.2 Å². The number of nitrogen functional groups attached to an aromatic ring is 1. The number of nitrogens with zero attached hydrogens (tertiary/aromatic N) is 3. The maximum Gasteiger partial charge on any atom is 0.317 e. The molecule has 2 heterocycles. The van der Waals surface area contributed by atoms with Gasteiger partial charge in [0.05, 0.1) is 11.3 Å². The zero-order valence-corrected chi connectivity index (χ0v) is 19.2. The molecule has 1 aromatic heterocycles. The summed E-state index contributed by atoms with van der Waals surface area (Å²) in [5.41, 5.74) is 21.0. The van der Waals surface area contributed by atoms with E-state index in [4.69, 9.17) is 17.2 Å². The van der Waals surface area contributed by atoms with Crippen LogP contribution in [-0.2, 0) is 0 Å². The second kappa shape index (κ2) is 11.2. The predicted molar refractivity (Wildman–Crippen MR) is 133 cm³/mol. The van der Waals surface area contributed by atoms with Crippen LogP contribution in [0.4, 0.5) is 10.6 Å². The van der Waals surface area contributed by atoms with Gasteiger partial charge in [-0.2, -0.15) is 0 Å². The lowest BCUT2D eigenvalue weighted by Gasteiger charge is -2.30. The Morgan fingerprint density at radius 1 is 1.27 bits per heavy atom. The molecule has 174 valence electrons. The Kier molecular flexibility index (Phi) is 8.14. The summed E-state index contributed by atoms with van der Waals surface area (Å²) in [6.07, 6.45) is 9.94. The van der Waals surface area contributed by atoms with E-state index < -0.39 is 0 Å². The van der Waals surface area contributed by atoms with Crippen molar-refractivity contribution in [3.63, 3.8) is 0 Å². The summed E-state index contributed by atoms with van der Waals surface area (Å²) < 4.78 is 0. The van der Waals surface area contributed by atoms with Crippen molar-refractivity contribution in [1.82, 2.24) is 15.2 Å². The summed E-state index contributed by atoms with van der Waals surface area (Å²) in [6.45, 7) is 6.55. The van der Waals surface area contributed by atoms with Gasteiger partial charge >= 0.3 is 6.03 Å². The molecule has 1 fully saturated rings. The van der Waals surface area contributed by atoms with Crippen molar-refractivity contribution in [2.45, 2.75) is 51.5 Å². The van der Waals surface area contributed by atoms with Crippen LogP contribution in [0, 0.1) is 11.8 Å². The highest BCUT2D eigenvalue weighted by molar-refractivity contribution is 6.16. The Balaban J connectivity index is 1.78. The second-order valence-corrected chi connectivity index (χ2v) is 8.44. The quantitative estimate of drug-likeness (QED) is 0.416. The average molecular weight is 448 g/mol. The molecule has 1 saturated carbocycles. The number of nitrogens with two attached hydrogens (primary N) is 3. The first-order valence-corrected chi connectivity index (χ1v) is 11.3. The predicted octanol–water partition coefficient (Wildman–Crippen LogP) is 2.79. The lowest BCUT2D eigenvalue weighted by Crippen LogP contribution is -2.47. The zero-order chi connectivity index (χ0) is 23.8. The van der Waals surface area contributed by atoms with E-state index in [0.29, 0.717) is 47.9 Å². The summed E-state index contributed by atoms with van der Waals surface area (Å²) >= 11 is 0. The van der Waals surface area contributed by atoms with Crippen molar-refractivity contribution in [3.8, 4) is 11.8 Å². The second-order valence-electron chi connectivity index (χ2n) is 8.44. The number of carbonyl (C=O) groups is 1. The van der Waals surface area contributed by atoms with Crippen LogP contribution in [0.15, 0.2) is 58.6 Å². The van der Waals surface area contributed by atoms with Gasteiger partial charge < -0.3 is 27.4 Å². The topological polar surface area (TPSA) is 136 Å². The molecule has 1 aromatic rings. The van der Waals surface area contributed by atoms with Crippen LogP contribution in [0.25, 0.3) is 0 Å².